The lowest BCUT2D eigenvalue weighted by atomic mass is 9.85. The van der Waals surface area contributed by atoms with Crippen molar-refractivity contribution < 1.29 is 9.53 Å². The lowest BCUT2D eigenvalue weighted by Gasteiger charge is -2.31. The minimum absolute atomic E-state index is 0.0594. The van der Waals surface area contributed by atoms with Gasteiger partial charge in [0, 0.05) is 38.6 Å². The standard InChI is InChI=1S/C19H27N3O2S/c1-3-20-19(25)22-12-16(15-7-5-4-6-14(15)2)17(13-22)18(23)21-8-10-24-11-9-21/h4-7,16-17H,3,8-13H2,1-2H3,(H,20,25). The van der Waals surface area contributed by atoms with Gasteiger partial charge in [-0.1, -0.05) is 24.3 Å². The first-order valence-electron chi connectivity index (χ1n) is 9.06. The van der Waals surface area contributed by atoms with Crippen molar-refractivity contribution in [3.05, 3.63) is 35.4 Å². The van der Waals surface area contributed by atoms with Gasteiger partial charge in [-0.05, 0) is 37.2 Å². The van der Waals surface area contributed by atoms with E-state index >= 15 is 0 Å². The number of rotatable bonds is 3. The maximum atomic E-state index is 13.2. The molecule has 0 bridgehead atoms. The topological polar surface area (TPSA) is 44.8 Å². The van der Waals surface area contributed by atoms with Gasteiger partial charge in [-0.3, -0.25) is 4.79 Å². The van der Waals surface area contributed by atoms with Crippen molar-refractivity contribution >= 4 is 23.2 Å². The van der Waals surface area contributed by atoms with E-state index in [9.17, 15) is 4.79 Å². The third kappa shape index (κ3) is 3.96. The minimum Gasteiger partial charge on any atom is -0.378 e. The normalized spacial score (nSPS) is 23.6. The first-order chi connectivity index (χ1) is 12.1. The van der Waals surface area contributed by atoms with E-state index in [-0.39, 0.29) is 17.7 Å². The average molecular weight is 362 g/mol. The van der Waals surface area contributed by atoms with E-state index in [1.165, 1.54) is 11.1 Å². The number of amides is 1. The van der Waals surface area contributed by atoms with Gasteiger partial charge in [-0.25, -0.2) is 0 Å². The average Bonchev–Trinajstić information content (AvgIpc) is 3.07. The van der Waals surface area contributed by atoms with Crippen molar-refractivity contribution in [3.63, 3.8) is 0 Å². The summed E-state index contributed by atoms with van der Waals surface area (Å²) < 4.78 is 5.40. The Morgan fingerprint density at radius 1 is 1.24 bits per heavy atom. The molecule has 1 aromatic rings. The SMILES string of the molecule is CCNC(=S)N1CC(C(=O)N2CCOCC2)C(c2ccccc2C)C1. The maximum Gasteiger partial charge on any atom is 0.228 e. The van der Waals surface area contributed by atoms with Gasteiger partial charge in [0.2, 0.25) is 5.91 Å². The number of aryl methyl sites for hydroxylation is 1. The van der Waals surface area contributed by atoms with Crippen LogP contribution in [0, 0.1) is 12.8 Å². The van der Waals surface area contributed by atoms with Crippen molar-refractivity contribution in [2.75, 3.05) is 45.9 Å². The molecule has 5 nitrogen and oxygen atoms in total. The molecule has 0 aromatic heterocycles. The number of hydrogen-bond acceptors (Lipinski definition) is 3. The number of hydrogen-bond donors (Lipinski definition) is 1. The first-order valence-corrected chi connectivity index (χ1v) is 9.47. The molecule has 1 N–H and O–H groups in total. The highest BCUT2D eigenvalue weighted by molar-refractivity contribution is 7.80. The Hall–Kier alpha value is -1.66. The summed E-state index contributed by atoms with van der Waals surface area (Å²) in [6, 6.07) is 8.38. The van der Waals surface area contributed by atoms with Crippen molar-refractivity contribution in [2.45, 2.75) is 19.8 Å². The molecule has 2 saturated heterocycles. The molecule has 2 aliphatic rings. The van der Waals surface area contributed by atoms with Crippen LogP contribution in [0.2, 0.25) is 0 Å². The Morgan fingerprint density at radius 3 is 2.64 bits per heavy atom. The van der Waals surface area contributed by atoms with Crippen LogP contribution < -0.4 is 5.32 Å². The number of carbonyl (C=O) groups excluding carboxylic acids is 1. The molecule has 0 spiro atoms. The summed E-state index contributed by atoms with van der Waals surface area (Å²) in [5.74, 6) is 0.349. The van der Waals surface area contributed by atoms with Crippen LogP contribution in [0.3, 0.4) is 0 Å². The second-order valence-electron chi connectivity index (χ2n) is 6.75. The van der Waals surface area contributed by atoms with Crippen LogP contribution in [0.4, 0.5) is 0 Å². The van der Waals surface area contributed by atoms with Gasteiger partial charge in [0.05, 0.1) is 19.1 Å². The van der Waals surface area contributed by atoms with Crippen LogP contribution in [0.5, 0.6) is 0 Å². The molecule has 3 rings (SSSR count). The van der Waals surface area contributed by atoms with Crippen molar-refractivity contribution in [1.29, 1.82) is 0 Å². The molecule has 2 heterocycles. The molecule has 0 radical (unpaired) electrons. The second-order valence-corrected chi connectivity index (χ2v) is 7.13. The highest BCUT2D eigenvalue weighted by atomic mass is 32.1. The fourth-order valence-electron chi connectivity index (χ4n) is 3.82. The van der Waals surface area contributed by atoms with Crippen molar-refractivity contribution in [3.8, 4) is 0 Å². The van der Waals surface area contributed by atoms with Gasteiger partial charge in [0.1, 0.15) is 0 Å². The first kappa shape index (κ1) is 18.1. The Kier molecular flexibility index (Phi) is 5.91. The Morgan fingerprint density at radius 2 is 1.96 bits per heavy atom. The van der Waals surface area contributed by atoms with Crippen LogP contribution >= 0.6 is 12.2 Å². The van der Waals surface area contributed by atoms with Gasteiger partial charge in [0.15, 0.2) is 5.11 Å². The third-order valence-corrected chi connectivity index (χ3v) is 5.57. The molecule has 2 fully saturated rings. The summed E-state index contributed by atoms with van der Waals surface area (Å²) in [5.41, 5.74) is 2.50. The predicted octanol–water partition coefficient (Wildman–Crippen LogP) is 1.76. The molecule has 2 aliphatic heterocycles. The number of benzene rings is 1. The summed E-state index contributed by atoms with van der Waals surface area (Å²) in [5, 5.41) is 3.97. The predicted molar refractivity (Wildman–Crippen MR) is 103 cm³/mol. The van der Waals surface area contributed by atoms with Gasteiger partial charge < -0.3 is 19.9 Å². The summed E-state index contributed by atoms with van der Waals surface area (Å²) in [6.07, 6.45) is 0. The molecular formula is C19H27N3O2S. The summed E-state index contributed by atoms with van der Waals surface area (Å²) in [7, 11) is 0. The molecule has 0 aliphatic carbocycles. The molecule has 1 amide bonds. The molecule has 1 aromatic carbocycles. The maximum absolute atomic E-state index is 13.2. The second kappa shape index (κ2) is 8.15. The van der Waals surface area contributed by atoms with E-state index in [4.69, 9.17) is 17.0 Å². The summed E-state index contributed by atoms with van der Waals surface area (Å²) in [6.45, 7) is 9.07. The molecule has 0 saturated carbocycles. The van der Waals surface area contributed by atoms with Gasteiger partial charge in [0.25, 0.3) is 0 Å². The number of morpholine rings is 1. The Bertz CT molecular complexity index is 631. The van der Waals surface area contributed by atoms with Gasteiger partial charge in [-0.2, -0.15) is 0 Å². The number of likely N-dealkylation sites (tertiary alicyclic amines) is 1. The van der Waals surface area contributed by atoms with Crippen LogP contribution in [-0.2, 0) is 9.53 Å². The van der Waals surface area contributed by atoms with E-state index in [1.54, 1.807) is 0 Å². The van der Waals surface area contributed by atoms with Gasteiger partial charge >= 0.3 is 0 Å². The van der Waals surface area contributed by atoms with E-state index in [1.807, 2.05) is 17.9 Å². The van der Waals surface area contributed by atoms with Crippen LogP contribution in [-0.4, -0.2) is 66.8 Å². The molecule has 6 heteroatoms. The van der Waals surface area contributed by atoms with Crippen molar-refractivity contribution in [2.24, 2.45) is 5.92 Å². The number of nitrogens with one attached hydrogen (secondary N) is 1. The largest absolute Gasteiger partial charge is 0.378 e. The molecule has 2 atom stereocenters. The fourth-order valence-corrected chi connectivity index (χ4v) is 4.11. The Balaban J connectivity index is 1.84. The zero-order chi connectivity index (χ0) is 17.8. The van der Waals surface area contributed by atoms with E-state index in [2.05, 4.69) is 35.3 Å². The number of carbonyl (C=O) groups is 1. The summed E-state index contributed by atoms with van der Waals surface area (Å²) in [4.78, 5) is 17.3. The highest BCUT2D eigenvalue weighted by Gasteiger charge is 2.41. The van der Waals surface area contributed by atoms with Crippen LogP contribution in [0.1, 0.15) is 24.0 Å². The third-order valence-electron chi connectivity index (χ3n) is 5.16. The molecular weight excluding hydrogens is 334 g/mol. The van der Waals surface area contributed by atoms with E-state index in [0.29, 0.717) is 32.8 Å². The number of nitrogens with zero attached hydrogens (tertiary/aromatic N) is 2. The van der Waals surface area contributed by atoms with E-state index < -0.39 is 0 Å². The van der Waals surface area contributed by atoms with E-state index in [0.717, 1.165) is 18.2 Å². The number of thiocarbonyl (C=S) groups is 1. The zero-order valence-corrected chi connectivity index (χ0v) is 15.8. The van der Waals surface area contributed by atoms with Crippen LogP contribution in [0.25, 0.3) is 0 Å². The zero-order valence-electron chi connectivity index (χ0n) is 15.0. The van der Waals surface area contributed by atoms with Crippen LogP contribution in [0.15, 0.2) is 24.3 Å². The van der Waals surface area contributed by atoms with Gasteiger partial charge in [-0.15, -0.1) is 0 Å². The molecule has 136 valence electrons. The lowest BCUT2D eigenvalue weighted by Crippen LogP contribution is -2.45. The smallest absolute Gasteiger partial charge is 0.228 e. The summed E-state index contributed by atoms with van der Waals surface area (Å²) >= 11 is 5.51. The molecule has 25 heavy (non-hydrogen) atoms. The Labute approximate surface area is 155 Å². The monoisotopic (exact) mass is 361 g/mol. The molecule has 2 unspecified atom stereocenters. The number of ether oxygens (including phenoxy) is 1. The minimum atomic E-state index is -0.0594. The fraction of sp³-hybridized carbons (Fsp3) is 0.579. The van der Waals surface area contributed by atoms with Crippen molar-refractivity contribution in [1.82, 2.24) is 15.1 Å². The lowest BCUT2D eigenvalue weighted by molar-refractivity contribution is -0.139. The quantitative estimate of drug-likeness (QED) is 0.832. The highest BCUT2D eigenvalue weighted by Crippen LogP contribution is 2.35.